The number of H-pyrrole nitrogens is 2. The van der Waals surface area contributed by atoms with Crippen LogP contribution in [0.5, 0.6) is 0 Å². The van der Waals surface area contributed by atoms with Crippen LogP contribution in [0.3, 0.4) is 0 Å². The van der Waals surface area contributed by atoms with Gasteiger partial charge in [0.25, 0.3) is 5.56 Å². The number of nitrogens with one attached hydrogen (secondary N) is 2. The third-order valence-corrected chi connectivity index (χ3v) is 1.84. The molecule has 0 spiro atoms. The molecule has 0 aliphatic carbocycles. The van der Waals surface area contributed by atoms with Crippen molar-refractivity contribution in [1.82, 2.24) is 19.5 Å². The molecule has 0 saturated heterocycles. The predicted octanol–water partition coefficient (Wildman–Crippen LogP) is -2.10. The minimum atomic E-state index is -0.642. The molecule has 2 aromatic rings. The van der Waals surface area contributed by atoms with Gasteiger partial charge in [0.2, 0.25) is 5.91 Å². The second-order valence-corrected chi connectivity index (χ2v) is 2.94. The smallest absolute Gasteiger partial charge is 0.327 e. The Labute approximate surface area is 81.7 Å². The monoisotopic (exact) mass is 209 g/mol. The van der Waals surface area contributed by atoms with Gasteiger partial charge in [-0.25, -0.2) is 9.78 Å². The zero-order valence-corrected chi connectivity index (χ0v) is 7.48. The zero-order chi connectivity index (χ0) is 11.0. The van der Waals surface area contributed by atoms with Crippen LogP contribution in [0.2, 0.25) is 0 Å². The summed E-state index contributed by atoms with van der Waals surface area (Å²) in [6.07, 6.45) is 1.26. The minimum Gasteiger partial charge on any atom is -0.368 e. The number of imidazole rings is 1. The highest BCUT2D eigenvalue weighted by atomic mass is 16.2. The van der Waals surface area contributed by atoms with E-state index in [0.717, 1.165) is 0 Å². The van der Waals surface area contributed by atoms with Crippen LogP contribution in [-0.2, 0) is 11.3 Å². The third-order valence-electron chi connectivity index (χ3n) is 1.84. The molecule has 0 aromatic carbocycles. The van der Waals surface area contributed by atoms with E-state index in [2.05, 4.69) is 9.97 Å². The summed E-state index contributed by atoms with van der Waals surface area (Å²) in [6, 6.07) is 0. The molecule has 0 saturated carbocycles. The van der Waals surface area contributed by atoms with Crippen LogP contribution >= 0.6 is 0 Å². The molecule has 0 radical (unpaired) electrons. The van der Waals surface area contributed by atoms with Crippen molar-refractivity contribution < 1.29 is 4.79 Å². The first-order chi connectivity index (χ1) is 7.08. The van der Waals surface area contributed by atoms with E-state index in [1.54, 1.807) is 0 Å². The first-order valence-electron chi connectivity index (χ1n) is 4.03. The number of carbonyl (C=O) groups is 1. The summed E-state index contributed by atoms with van der Waals surface area (Å²) in [5.41, 5.74) is 3.99. The van der Waals surface area contributed by atoms with Crippen LogP contribution in [0, 0.1) is 0 Å². The molecule has 4 N–H and O–H groups in total. The van der Waals surface area contributed by atoms with Crippen LogP contribution in [0.4, 0.5) is 0 Å². The van der Waals surface area contributed by atoms with Gasteiger partial charge >= 0.3 is 5.69 Å². The lowest BCUT2D eigenvalue weighted by molar-refractivity contribution is -0.118. The molecule has 78 valence electrons. The summed E-state index contributed by atoms with van der Waals surface area (Å²) in [5.74, 6) is -0.597. The quantitative estimate of drug-likeness (QED) is 0.523. The molecule has 0 atom stereocenters. The van der Waals surface area contributed by atoms with Crippen molar-refractivity contribution in [3.05, 3.63) is 27.2 Å². The summed E-state index contributed by atoms with van der Waals surface area (Å²) in [7, 11) is 0. The molecular formula is C7H7N5O3. The average molecular weight is 209 g/mol. The van der Waals surface area contributed by atoms with Gasteiger partial charge in [0, 0.05) is 0 Å². The van der Waals surface area contributed by atoms with Gasteiger partial charge in [-0.2, -0.15) is 0 Å². The Morgan fingerprint density at radius 3 is 2.87 bits per heavy atom. The molecule has 0 aliphatic heterocycles. The maximum absolute atomic E-state index is 11.4. The largest absolute Gasteiger partial charge is 0.368 e. The molecule has 8 nitrogen and oxygen atoms in total. The van der Waals surface area contributed by atoms with Crippen LogP contribution < -0.4 is 17.0 Å². The van der Waals surface area contributed by atoms with E-state index in [9.17, 15) is 14.4 Å². The Balaban J connectivity index is 2.74. The van der Waals surface area contributed by atoms with Crippen molar-refractivity contribution in [2.75, 3.05) is 0 Å². The summed E-state index contributed by atoms with van der Waals surface area (Å²) < 4.78 is 1.27. The lowest BCUT2D eigenvalue weighted by Crippen LogP contribution is -2.25. The van der Waals surface area contributed by atoms with Gasteiger partial charge in [0.15, 0.2) is 11.2 Å². The SMILES string of the molecule is NC(=O)Cn1cnc2[nH]c(=O)[nH]c(=O)c21. The molecule has 0 bridgehead atoms. The molecule has 15 heavy (non-hydrogen) atoms. The van der Waals surface area contributed by atoms with Crippen molar-refractivity contribution in [3.63, 3.8) is 0 Å². The Hall–Kier alpha value is -2.38. The van der Waals surface area contributed by atoms with Crippen molar-refractivity contribution in [1.29, 1.82) is 0 Å². The summed E-state index contributed by atoms with van der Waals surface area (Å²) in [5, 5.41) is 0. The van der Waals surface area contributed by atoms with Gasteiger partial charge in [-0.3, -0.25) is 19.6 Å². The van der Waals surface area contributed by atoms with Crippen molar-refractivity contribution >= 4 is 17.1 Å². The van der Waals surface area contributed by atoms with Crippen LogP contribution in [0.1, 0.15) is 0 Å². The maximum Gasteiger partial charge on any atom is 0.327 e. The number of nitrogens with two attached hydrogens (primary N) is 1. The van der Waals surface area contributed by atoms with E-state index in [-0.39, 0.29) is 17.7 Å². The molecular weight excluding hydrogens is 202 g/mol. The molecule has 1 amide bonds. The van der Waals surface area contributed by atoms with E-state index in [4.69, 9.17) is 5.73 Å². The van der Waals surface area contributed by atoms with Crippen molar-refractivity contribution in [2.24, 2.45) is 5.73 Å². The Morgan fingerprint density at radius 1 is 1.47 bits per heavy atom. The predicted molar refractivity (Wildman–Crippen MR) is 50.2 cm³/mol. The summed E-state index contributed by atoms with van der Waals surface area (Å²) in [6.45, 7) is -0.161. The number of amides is 1. The average Bonchev–Trinajstić information content (AvgIpc) is 2.46. The normalized spacial score (nSPS) is 10.7. The summed E-state index contributed by atoms with van der Waals surface area (Å²) >= 11 is 0. The number of aromatic amines is 2. The number of aromatic nitrogens is 4. The number of nitrogens with zero attached hydrogens (tertiary/aromatic N) is 2. The van der Waals surface area contributed by atoms with Crippen LogP contribution in [0.15, 0.2) is 15.9 Å². The molecule has 2 heterocycles. The van der Waals surface area contributed by atoms with E-state index < -0.39 is 17.2 Å². The van der Waals surface area contributed by atoms with E-state index in [1.807, 2.05) is 4.98 Å². The minimum absolute atomic E-state index is 0.119. The number of primary amides is 1. The van der Waals surface area contributed by atoms with Gasteiger partial charge in [0.1, 0.15) is 6.54 Å². The molecule has 2 rings (SSSR count). The number of rotatable bonds is 2. The first kappa shape index (κ1) is 9.19. The van der Waals surface area contributed by atoms with Gasteiger partial charge in [-0.05, 0) is 0 Å². The zero-order valence-electron chi connectivity index (χ0n) is 7.48. The standard InChI is InChI=1S/C7H7N5O3/c8-3(13)1-12-2-9-5-4(12)6(14)11-7(15)10-5/h2H,1H2,(H2,8,13)(H2,10,11,14,15). The molecule has 8 heteroatoms. The fraction of sp³-hybridized carbons (Fsp3) is 0.143. The highest BCUT2D eigenvalue weighted by Crippen LogP contribution is 2.01. The van der Waals surface area contributed by atoms with Crippen molar-refractivity contribution in [3.8, 4) is 0 Å². The second kappa shape index (κ2) is 3.08. The number of fused-ring (bicyclic) bond motifs is 1. The van der Waals surface area contributed by atoms with Gasteiger partial charge < -0.3 is 10.3 Å². The van der Waals surface area contributed by atoms with E-state index in [0.29, 0.717) is 0 Å². The maximum atomic E-state index is 11.4. The third kappa shape index (κ3) is 1.52. The Morgan fingerprint density at radius 2 is 2.20 bits per heavy atom. The Kier molecular flexibility index (Phi) is 1.89. The van der Waals surface area contributed by atoms with Gasteiger partial charge in [0.05, 0.1) is 6.33 Å². The molecule has 0 unspecified atom stereocenters. The van der Waals surface area contributed by atoms with E-state index >= 15 is 0 Å². The fourth-order valence-corrected chi connectivity index (χ4v) is 1.30. The molecule has 2 aromatic heterocycles. The summed E-state index contributed by atoms with van der Waals surface area (Å²) in [4.78, 5) is 41.1. The van der Waals surface area contributed by atoms with Gasteiger partial charge in [-0.1, -0.05) is 0 Å². The van der Waals surface area contributed by atoms with Crippen LogP contribution in [-0.4, -0.2) is 25.4 Å². The highest BCUT2D eigenvalue weighted by molar-refractivity contribution is 5.77. The first-order valence-corrected chi connectivity index (χ1v) is 4.03. The lowest BCUT2D eigenvalue weighted by atomic mass is 10.5. The fourth-order valence-electron chi connectivity index (χ4n) is 1.30. The Bertz CT molecular complexity index is 634. The number of carbonyl (C=O) groups excluding carboxylic acids is 1. The van der Waals surface area contributed by atoms with Gasteiger partial charge in [-0.15, -0.1) is 0 Å². The second-order valence-electron chi connectivity index (χ2n) is 2.94. The van der Waals surface area contributed by atoms with Crippen LogP contribution in [0.25, 0.3) is 11.2 Å². The number of hydrogen-bond acceptors (Lipinski definition) is 4. The highest BCUT2D eigenvalue weighted by Gasteiger charge is 2.09. The van der Waals surface area contributed by atoms with E-state index in [1.165, 1.54) is 10.9 Å². The topological polar surface area (TPSA) is 127 Å². The molecule has 0 aliphatic rings. The number of hydrogen-bond donors (Lipinski definition) is 3. The lowest BCUT2D eigenvalue weighted by Gasteiger charge is -1.97. The molecule has 0 fully saturated rings. The van der Waals surface area contributed by atoms with Crippen molar-refractivity contribution in [2.45, 2.75) is 6.54 Å².